The van der Waals surface area contributed by atoms with Crippen LogP contribution in [0.15, 0.2) is 36.4 Å². The molecule has 0 radical (unpaired) electrons. The normalized spacial score (nSPS) is 9.08. The van der Waals surface area contributed by atoms with E-state index in [4.69, 9.17) is 0 Å². The smallest absolute Gasteiger partial charge is 0.221 e. The zero-order valence-corrected chi connectivity index (χ0v) is 18.2. The monoisotopic (exact) mass is 420 g/mol. The molecule has 0 bridgehead atoms. The number of benzene rings is 2. The molecule has 4 nitrogen and oxygen atoms in total. The lowest BCUT2D eigenvalue weighted by atomic mass is 10.1. The second-order valence-electron chi connectivity index (χ2n) is 5.96. The van der Waals surface area contributed by atoms with Crippen LogP contribution in [0.25, 0.3) is 0 Å². The fourth-order valence-electron chi connectivity index (χ4n) is 2.04. The van der Waals surface area contributed by atoms with Crippen LogP contribution in [0.1, 0.15) is 36.1 Å². The summed E-state index contributed by atoms with van der Waals surface area (Å²) in [4.78, 5) is 21.4. The SMILES string of the molecule is CBr.CC(=O)Nc1ccc(C)c(C)c1.CC(=O)Nc1ccc(C)c(C)c1. The van der Waals surface area contributed by atoms with Crippen molar-refractivity contribution in [3.05, 3.63) is 58.7 Å². The van der Waals surface area contributed by atoms with Gasteiger partial charge in [-0.3, -0.25) is 9.59 Å². The van der Waals surface area contributed by atoms with Gasteiger partial charge in [-0.15, -0.1) is 0 Å². The highest BCUT2D eigenvalue weighted by molar-refractivity contribution is 9.08. The van der Waals surface area contributed by atoms with Crippen molar-refractivity contribution in [2.24, 2.45) is 0 Å². The molecule has 0 heterocycles. The Morgan fingerprint density at radius 2 is 0.962 bits per heavy atom. The van der Waals surface area contributed by atoms with Crippen molar-refractivity contribution >= 4 is 39.1 Å². The molecule has 0 spiro atoms. The summed E-state index contributed by atoms with van der Waals surface area (Å²) in [6.45, 7) is 11.2. The predicted molar refractivity (Wildman–Crippen MR) is 115 cm³/mol. The Labute approximate surface area is 165 Å². The number of hydrogen-bond acceptors (Lipinski definition) is 2. The summed E-state index contributed by atoms with van der Waals surface area (Å²) in [5.41, 5.74) is 6.60. The van der Waals surface area contributed by atoms with Crippen molar-refractivity contribution in [2.75, 3.05) is 16.5 Å². The number of carbonyl (C=O) groups is 2. The van der Waals surface area contributed by atoms with Crippen LogP contribution < -0.4 is 10.6 Å². The second kappa shape index (κ2) is 12.3. The van der Waals surface area contributed by atoms with Gasteiger partial charge in [0.2, 0.25) is 11.8 Å². The van der Waals surface area contributed by atoms with Gasteiger partial charge in [0.05, 0.1) is 0 Å². The van der Waals surface area contributed by atoms with Crippen LogP contribution >= 0.6 is 15.9 Å². The molecule has 5 heteroatoms. The van der Waals surface area contributed by atoms with Gasteiger partial charge in [0.1, 0.15) is 0 Å². The molecule has 2 amide bonds. The van der Waals surface area contributed by atoms with Gasteiger partial charge in [-0.05, 0) is 80.0 Å². The van der Waals surface area contributed by atoms with E-state index in [1.54, 1.807) is 0 Å². The maximum atomic E-state index is 10.7. The lowest BCUT2D eigenvalue weighted by Crippen LogP contribution is -2.05. The fourth-order valence-corrected chi connectivity index (χ4v) is 2.04. The van der Waals surface area contributed by atoms with E-state index in [1.807, 2.05) is 69.9 Å². The summed E-state index contributed by atoms with van der Waals surface area (Å²) < 4.78 is 0. The minimum Gasteiger partial charge on any atom is -0.326 e. The average Bonchev–Trinajstić information content (AvgIpc) is 2.56. The van der Waals surface area contributed by atoms with Crippen molar-refractivity contribution in [3.8, 4) is 0 Å². The van der Waals surface area contributed by atoms with Crippen LogP contribution in [0, 0.1) is 27.7 Å². The summed E-state index contributed by atoms with van der Waals surface area (Å²) in [5.74, 6) is 1.75. The molecule has 0 saturated heterocycles. The summed E-state index contributed by atoms with van der Waals surface area (Å²) in [6.07, 6.45) is 0. The third-order valence-corrected chi connectivity index (χ3v) is 3.65. The van der Waals surface area contributed by atoms with Gasteiger partial charge in [-0.25, -0.2) is 0 Å². The number of rotatable bonds is 2. The summed E-state index contributed by atoms with van der Waals surface area (Å²) in [6, 6.07) is 11.8. The van der Waals surface area contributed by atoms with Gasteiger partial charge in [-0.1, -0.05) is 28.1 Å². The second-order valence-corrected chi connectivity index (χ2v) is 5.96. The molecule has 0 aromatic heterocycles. The molecule has 0 unspecified atom stereocenters. The summed E-state index contributed by atoms with van der Waals surface area (Å²) >= 11 is 2.94. The molecule has 2 aromatic carbocycles. The van der Waals surface area contributed by atoms with Crippen molar-refractivity contribution in [3.63, 3.8) is 0 Å². The van der Waals surface area contributed by atoms with E-state index in [9.17, 15) is 9.59 Å². The van der Waals surface area contributed by atoms with Gasteiger partial charge in [0.25, 0.3) is 0 Å². The lowest BCUT2D eigenvalue weighted by molar-refractivity contribution is -0.115. The number of carbonyl (C=O) groups excluding carboxylic acids is 2. The van der Waals surface area contributed by atoms with Crippen molar-refractivity contribution in [1.29, 1.82) is 0 Å². The quantitative estimate of drug-likeness (QED) is 0.626. The number of halogens is 1. The van der Waals surface area contributed by atoms with Gasteiger partial charge < -0.3 is 10.6 Å². The first-order valence-corrected chi connectivity index (χ1v) is 9.85. The number of hydrogen-bond donors (Lipinski definition) is 2. The molecule has 0 aliphatic rings. The molecule has 2 aromatic rings. The third-order valence-electron chi connectivity index (χ3n) is 3.65. The number of amides is 2. The van der Waals surface area contributed by atoms with E-state index in [0.29, 0.717) is 0 Å². The van der Waals surface area contributed by atoms with Crippen molar-refractivity contribution in [2.45, 2.75) is 41.5 Å². The minimum absolute atomic E-state index is 0.0294. The Kier molecular flexibility index (Phi) is 11.2. The van der Waals surface area contributed by atoms with Gasteiger partial charge in [0.15, 0.2) is 0 Å². The largest absolute Gasteiger partial charge is 0.326 e. The maximum absolute atomic E-state index is 10.7. The molecule has 26 heavy (non-hydrogen) atoms. The van der Waals surface area contributed by atoms with E-state index in [-0.39, 0.29) is 11.8 Å². The number of nitrogens with one attached hydrogen (secondary N) is 2. The predicted octanol–water partition coefficient (Wildman–Crippen LogP) is 5.53. The molecular formula is C21H29BrN2O2. The minimum atomic E-state index is -0.0294. The van der Waals surface area contributed by atoms with Gasteiger partial charge in [-0.2, -0.15) is 0 Å². The molecule has 0 aliphatic heterocycles. The molecule has 0 aliphatic carbocycles. The highest BCUT2D eigenvalue weighted by Crippen LogP contribution is 2.14. The number of aryl methyl sites for hydroxylation is 4. The topological polar surface area (TPSA) is 58.2 Å². The fraction of sp³-hybridized carbons (Fsp3) is 0.333. The molecule has 2 rings (SSSR count). The van der Waals surface area contributed by atoms with Crippen LogP contribution in [0.3, 0.4) is 0 Å². The molecular weight excluding hydrogens is 392 g/mol. The molecule has 0 fully saturated rings. The average molecular weight is 421 g/mol. The third kappa shape index (κ3) is 9.37. The van der Waals surface area contributed by atoms with Crippen molar-refractivity contribution < 1.29 is 9.59 Å². The molecule has 142 valence electrons. The van der Waals surface area contributed by atoms with Crippen LogP contribution in [-0.2, 0) is 9.59 Å². The van der Waals surface area contributed by atoms with E-state index in [0.717, 1.165) is 11.4 Å². The number of alkyl halides is 1. The van der Waals surface area contributed by atoms with Gasteiger partial charge >= 0.3 is 0 Å². The maximum Gasteiger partial charge on any atom is 0.221 e. The Bertz CT molecular complexity index is 679. The lowest BCUT2D eigenvalue weighted by Gasteiger charge is -2.04. The number of anilines is 2. The highest BCUT2D eigenvalue weighted by atomic mass is 79.9. The van der Waals surface area contributed by atoms with E-state index >= 15 is 0 Å². The first-order valence-electron chi connectivity index (χ1n) is 8.26. The standard InChI is InChI=1S/2C10H13NO.CH3Br/c2*1-7-4-5-10(6-8(7)2)11-9(3)12;1-2/h2*4-6H,1-3H3,(H,11,12);1H3. The van der Waals surface area contributed by atoms with Crippen LogP contribution in [0.2, 0.25) is 0 Å². The zero-order valence-electron chi connectivity index (χ0n) is 16.7. The Morgan fingerprint density at radius 3 is 1.19 bits per heavy atom. The van der Waals surface area contributed by atoms with Crippen LogP contribution in [-0.4, -0.2) is 17.6 Å². The van der Waals surface area contributed by atoms with E-state index in [2.05, 4.69) is 26.6 Å². The Morgan fingerprint density at radius 1 is 0.654 bits per heavy atom. The Balaban J connectivity index is 0.000000439. The van der Waals surface area contributed by atoms with Crippen LogP contribution in [0.4, 0.5) is 11.4 Å². The first-order chi connectivity index (χ1) is 12.2. The summed E-state index contributed by atoms with van der Waals surface area (Å²) in [7, 11) is 0. The van der Waals surface area contributed by atoms with E-state index in [1.165, 1.54) is 36.1 Å². The molecule has 2 N–H and O–H groups in total. The molecule has 0 saturated carbocycles. The van der Waals surface area contributed by atoms with Crippen LogP contribution in [0.5, 0.6) is 0 Å². The molecule has 0 atom stereocenters. The highest BCUT2D eigenvalue weighted by Gasteiger charge is 1.97. The first kappa shape index (κ1) is 23.9. The van der Waals surface area contributed by atoms with E-state index < -0.39 is 0 Å². The Hall–Kier alpha value is -2.14. The van der Waals surface area contributed by atoms with Crippen molar-refractivity contribution in [1.82, 2.24) is 0 Å². The zero-order chi connectivity index (χ0) is 20.3. The van der Waals surface area contributed by atoms with Gasteiger partial charge in [0, 0.05) is 25.2 Å². The summed E-state index contributed by atoms with van der Waals surface area (Å²) in [5, 5.41) is 5.47.